The number of rotatable bonds is 5. The van der Waals surface area contributed by atoms with E-state index >= 15 is 0 Å². The van der Waals surface area contributed by atoms with Gasteiger partial charge in [0, 0.05) is 21.7 Å². The Kier molecular flexibility index (Phi) is 5.84. The van der Waals surface area contributed by atoms with Gasteiger partial charge in [0.15, 0.2) is 0 Å². The number of aromatic nitrogens is 1. The number of nitrogens with zero attached hydrogens (tertiary/aromatic N) is 2. The van der Waals surface area contributed by atoms with E-state index in [0.29, 0.717) is 16.4 Å². The highest BCUT2D eigenvalue weighted by Crippen LogP contribution is 2.26. The minimum Gasteiger partial charge on any atom is -0.478 e. The van der Waals surface area contributed by atoms with Crippen LogP contribution in [0.3, 0.4) is 0 Å². The minimum absolute atomic E-state index is 0.103. The second kappa shape index (κ2) is 8.48. The normalized spacial score (nSPS) is 10.9. The van der Waals surface area contributed by atoms with Crippen molar-refractivity contribution in [1.29, 1.82) is 5.26 Å². The summed E-state index contributed by atoms with van der Waals surface area (Å²) in [7, 11) is 0. The maximum Gasteiger partial charge on any atom is 0.335 e. The number of carbonyl (C=O) groups excluding carboxylic acids is 1. The molecular weight excluding hydrogens is 398 g/mol. The Bertz CT molecular complexity index is 1100. The fraction of sp³-hybridized carbons (Fsp3) is 0. The van der Waals surface area contributed by atoms with Crippen molar-refractivity contribution < 1.29 is 14.7 Å². The molecule has 28 heavy (non-hydrogen) atoms. The molecule has 1 aromatic heterocycles. The Balaban J connectivity index is 1.76. The van der Waals surface area contributed by atoms with E-state index in [9.17, 15) is 14.9 Å². The van der Waals surface area contributed by atoms with Gasteiger partial charge in [0.05, 0.1) is 11.3 Å². The lowest BCUT2D eigenvalue weighted by atomic mass is 10.2. The lowest BCUT2D eigenvalue weighted by Crippen LogP contribution is -2.13. The molecule has 0 saturated carbocycles. The number of halogens is 1. The van der Waals surface area contributed by atoms with Crippen LogP contribution in [0, 0.1) is 11.3 Å². The van der Waals surface area contributed by atoms with Crippen LogP contribution in [0.2, 0.25) is 5.02 Å². The van der Waals surface area contributed by atoms with E-state index < -0.39 is 11.9 Å². The molecule has 0 saturated heterocycles. The molecule has 1 amide bonds. The summed E-state index contributed by atoms with van der Waals surface area (Å²) in [5, 5.41) is 23.9. The lowest BCUT2D eigenvalue weighted by molar-refractivity contribution is -0.112. The van der Waals surface area contributed by atoms with Crippen molar-refractivity contribution >= 4 is 46.6 Å². The van der Waals surface area contributed by atoms with E-state index in [-0.39, 0.29) is 11.1 Å². The number of nitriles is 1. The van der Waals surface area contributed by atoms with E-state index in [1.165, 1.54) is 41.7 Å². The number of carbonyl (C=O) groups is 2. The zero-order valence-corrected chi connectivity index (χ0v) is 15.8. The number of benzene rings is 2. The molecule has 0 atom stereocenters. The molecule has 8 heteroatoms. The highest BCUT2D eigenvalue weighted by molar-refractivity contribution is 7.13. The summed E-state index contributed by atoms with van der Waals surface area (Å²) in [4.78, 5) is 27.6. The maximum atomic E-state index is 12.3. The number of carboxylic acids is 1. The van der Waals surface area contributed by atoms with Gasteiger partial charge in [0.1, 0.15) is 16.6 Å². The average Bonchev–Trinajstić information content (AvgIpc) is 3.15. The molecule has 0 unspecified atom stereocenters. The smallest absolute Gasteiger partial charge is 0.335 e. The topological polar surface area (TPSA) is 103 Å². The highest BCUT2D eigenvalue weighted by Gasteiger charge is 2.12. The second-order valence-corrected chi connectivity index (χ2v) is 6.89. The first-order valence-corrected chi connectivity index (χ1v) is 9.20. The fourth-order valence-electron chi connectivity index (χ4n) is 2.27. The zero-order chi connectivity index (χ0) is 20.1. The first kappa shape index (κ1) is 19.3. The number of hydrogen-bond acceptors (Lipinski definition) is 5. The predicted molar refractivity (Wildman–Crippen MR) is 108 cm³/mol. The van der Waals surface area contributed by atoms with Crippen LogP contribution in [0.4, 0.5) is 5.69 Å². The van der Waals surface area contributed by atoms with Gasteiger partial charge in [-0.25, -0.2) is 9.78 Å². The van der Waals surface area contributed by atoms with Gasteiger partial charge in [0.2, 0.25) is 0 Å². The maximum absolute atomic E-state index is 12.3. The Morgan fingerprint density at radius 1 is 1.14 bits per heavy atom. The Morgan fingerprint density at radius 2 is 1.82 bits per heavy atom. The van der Waals surface area contributed by atoms with Crippen molar-refractivity contribution in [2.75, 3.05) is 5.32 Å². The van der Waals surface area contributed by atoms with Gasteiger partial charge in [0.25, 0.3) is 5.91 Å². The summed E-state index contributed by atoms with van der Waals surface area (Å²) < 4.78 is 0. The van der Waals surface area contributed by atoms with Crippen molar-refractivity contribution in [3.63, 3.8) is 0 Å². The number of hydrogen-bond donors (Lipinski definition) is 2. The zero-order valence-electron chi connectivity index (χ0n) is 14.2. The van der Waals surface area contributed by atoms with Crippen molar-refractivity contribution in [3.05, 3.63) is 75.8 Å². The number of aromatic carboxylic acids is 1. The van der Waals surface area contributed by atoms with Crippen molar-refractivity contribution in [2.45, 2.75) is 0 Å². The largest absolute Gasteiger partial charge is 0.478 e. The number of nitrogens with one attached hydrogen (secondary N) is 1. The van der Waals surface area contributed by atoms with Crippen LogP contribution in [0.15, 0.2) is 59.5 Å². The number of carboxylic acid groups (broad SMARTS) is 1. The van der Waals surface area contributed by atoms with Crippen LogP contribution in [-0.2, 0) is 4.79 Å². The van der Waals surface area contributed by atoms with Gasteiger partial charge in [-0.15, -0.1) is 11.3 Å². The molecule has 0 aliphatic heterocycles. The second-order valence-electron chi connectivity index (χ2n) is 5.59. The van der Waals surface area contributed by atoms with Gasteiger partial charge in [-0.2, -0.15) is 5.26 Å². The first-order chi connectivity index (χ1) is 13.5. The molecule has 0 aliphatic rings. The summed E-state index contributed by atoms with van der Waals surface area (Å²) in [6, 6.07) is 14.7. The van der Waals surface area contributed by atoms with E-state index in [1.807, 2.05) is 18.2 Å². The van der Waals surface area contributed by atoms with Crippen molar-refractivity contribution in [3.8, 4) is 16.6 Å². The molecule has 0 aliphatic carbocycles. The molecule has 2 N–H and O–H groups in total. The molecular formula is C20H12ClN3O3S. The van der Waals surface area contributed by atoms with Gasteiger partial charge >= 0.3 is 5.97 Å². The summed E-state index contributed by atoms with van der Waals surface area (Å²) in [5.74, 6) is -1.66. The van der Waals surface area contributed by atoms with E-state index in [1.54, 1.807) is 17.5 Å². The van der Waals surface area contributed by atoms with Gasteiger partial charge in [-0.05, 0) is 42.5 Å². The van der Waals surface area contributed by atoms with Crippen LogP contribution in [0.1, 0.15) is 16.1 Å². The lowest BCUT2D eigenvalue weighted by Gasteiger charge is -2.04. The quantitative estimate of drug-likeness (QED) is 0.469. The fourth-order valence-corrected chi connectivity index (χ4v) is 3.18. The molecule has 138 valence electrons. The van der Waals surface area contributed by atoms with Gasteiger partial charge in [-0.1, -0.05) is 23.7 Å². The standard InChI is InChI=1S/C20H12ClN3O3S/c21-15-5-1-12(2-6-15)19-24-17(11-28-19)9-14(10-22)18(25)23-16-7-3-13(4-8-16)20(26)27/h1-9,11H,(H,23,25)(H,26,27)/b14-9+. The molecule has 3 rings (SSSR count). The Hall–Kier alpha value is -3.47. The van der Waals surface area contributed by atoms with Crippen molar-refractivity contribution in [2.24, 2.45) is 0 Å². The SMILES string of the molecule is N#C/C(=C\c1csc(-c2ccc(Cl)cc2)n1)C(=O)Nc1ccc(C(=O)O)cc1. The van der Waals surface area contributed by atoms with Crippen molar-refractivity contribution in [1.82, 2.24) is 4.98 Å². The van der Waals surface area contributed by atoms with Crippen LogP contribution < -0.4 is 5.32 Å². The number of anilines is 1. The van der Waals surface area contributed by atoms with Crippen LogP contribution in [0.25, 0.3) is 16.6 Å². The molecule has 2 aromatic carbocycles. The molecule has 0 radical (unpaired) electrons. The summed E-state index contributed by atoms with van der Waals surface area (Å²) >= 11 is 7.27. The Labute approximate surface area is 169 Å². The molecule has 6 nitrogen and oxygen atoms in total. The van der Waals surface area contributed by atoms with E-state index in [0.717, 1.165) is 10.6 Å². The third kappa shape index (κ3) is 4.62. The molecule has 1 heterocycles. The summed E-state index contributed by atoms with van der Waals surface area (Å²) in [6.07, 6.45) is 1.40. The highest BCUT2D eigenvalue weighted by atomic mass is 35.5. The van der Waals surface area contributed by atoms with E-state index in [4.69, 9.17) is 16.7 Å². The molecule has 0 fully saturated rings. The number of amides is 1. The van der Waals surface area contributed by atoms with Crippen LogP contribution in [0.5, 0.6) is 0 Å². The predicted octanol–water partition coefficient (Wildman–Crippen LogP) is 4.71. The van der Waals surface area contributed by atoms with Crippen LogP contribution >= 0.6 is 22.9 Å². The monoisotopic (exact) mass is 409 g/mol. The summed E-state index contributed by atoms with van der Waals surface area (Å²) in [5.41, 5.74) is 1.75. The van der Waals surface area contributed by atoms with Gasteiger partial charge < -0.3 is 10.4 Å². The van der Waals surface area contributed by atoms with E-state index in [2.05, 4.69) is 10.3 Å². The van der Waals surface area contributed by atoms with Gasteiger partial charge in [-0.3, -0.25) is 4.79 Å². The van der Waals surface area contributed by atoms with Crippen LogP contribution in [-0.4, -0.2) is 22.0 Å². The Morgan fingerprint density at radius 3 is 2.43 bits per heavy atom. The minimum atomic E-state index is -1.06. The first-order valence-electron chi connectivity index (χ1n) is 7.94. The number of thiazole rings is 1. The molecule has 3 aromatic rings. The third-order valence-electron chi connectivity index (χ3n) is 3.66. The average molecular weight is 410 g/mol. The third-order valence-corrected chi connectivity index (χ3v) is 4.82. The molecule has 0 spiro atoms. The summed E-state index contributed by atoms with van der Waals surface area (Å²) in [6.45, 7) is 0. The molecule has 0 bridgehead atoms.